The molecule has 1 aliphatic rings. The minimum atomic E-state index is 0.233. The molecule has 0 radical (unpaired) electrons. The normalized spacial score (nSPS) is 18.1. The van der Waals surface area contributed by atoms with Gasteiger partial charge in [-0.1, -0.05) is 12.1 Å². The van der Waals surface area contributed by atoms with Gasteiger partial charge in [0.1, 0.15) is 5.82 Å². The van der Waals surface area contributed by atoms with Crippen LogP contribution in [0.3, 0.4) is 0 Å². The monoisotopic (exact) mass is 213 g/mol. The molecule has 1 aromatic carbocycles. The van der Waals surface area contributed by atoms with E-state index in [1.807, 2.05) is 30.5 Å². The Balaban J connectivity index is 1.93. The van der Waals surface area contributed by atoms with Crippen LogP contribution in [0.15, 0.2) is 30.5 Å². The molecular weight excluding hydrogens is 198 g/mol. The van der Waals surface area contributed by atoms with E-state index in [0.29, 0.717) is 0 Å². The van der Waals surface area contributed by atoms with Gasteiger partial charge in [-0.3, -0.25) is 4.98 Å². The van der Waals surface area contributed by atoms with Gasteiger partial charge >= 0.3 is 0 Å². The van der Waals surface area contributed by atoms with Gasteiger partial charge in [-0.25, -0.2) is 4.98 Å². The maximum absolute atomic E-state index is 4.57. The van der Waals surface area contributed by atoms with Crippen molar-refractivity contribution in [3.63, 3.8) is 0 Å². The molecule has 16 heavy (non-hydrogen) atoms. The van der Waals surface area contributed by atoms with Gasteiger partial charge in [0, 0.05) is 5.54 Å². The third-order valence-electron chi connectivity index (χ3n) is 3.34. The van der Waals surface area contributed by atoms with Gasteiger partial charge < -0.3 is 5.32 Å². The Hall–Kier alpha value is -1.64. The quantitative estimate of drug-likeness (QED) is 0.833. The molecule has 0 unspecified atom stereocenters. The lowest BCUT2D eigenvalue weighted by Crippen LogP contribution is -2.41. The van der Waals surface area contributed by atoms with Crippen molar-refractivity contribution in [2.45, 2.75) is 31.7 Å². The van der Waals surface area contributed by atoms with E-state index in [4.69, 9.17) is 0 Å². The first kappa shape index (κ1) is 9.58. The van der Waals surface area contributed by atoms with Crippen molar-refractivity contribution >= 4 is 16.9 Å². The Morgan fingerprint density at radius 2 is 1.94 bits per heavy atom. The fourth-order valence-electron chi connectivity index (χ4n) is 2.16. The van der Waals surface area contributed by atoms with Crippen LogP contribution in [0.5, 0.6) is 0 Å². The van der Waals surface area contributed by atoms with Gasteiger partial charge in [0.15, 0.2) is 0 Å². The summed E-state index contributed by atoms with van der Waals surface area (Å²) in [5.41, 5.74) is 2.14. The molecule has 3 rings (SSSR count). The highest BCUT2D eigenvalue weighted by atomic mass is 15.1. The molecule has 0 spiro atoms. The van der Waals surface area contributed by atoms with E-state index < -0.39 is 0 Å². The highest BCUT2D eigenvalue weighted by Gasteiger charge is 2.31. The lowest BCUT2D eigenvalue weighted by atomic mass is 9.78. The van der Waals surface area contributed by atoms with Crippen LogP contribution in [0.1, 0.15) is 26.2 Å². The summed E-state index contributed by atoms with van der Waals surface area (Å²) >= 11 is 0. The number of nitrogens with one attached hydrogen (secondary N) is 1. The number of hydrogen-bond donors (Lipinski definition) is 1. The maximum atomic E-state index is 4.57. The first-order valence-electron chi connectivity index (χ1n) is 5.75. The predicted molar refractivity (Wildman–Crippen MR) is 65.4 cm³/mol. The SMILES string of the molecule is CC1(Nc2cnc3ccccc3n2)CCC1. The Labute approximate surface area is 94.9 Å². The minimum absolute atomic E-state index is 0.233. The summed E-state index contributed by atoms with van der Waals surface area (Å²) < 4.78 is 0. The van der Waals surface area contributed by atoms with Crippen LogP contribution in [-0.2, 0) is 0 Å². The number of benzene rings is 1. The molecule has 0 bridgehead atoms. The third-order valence-corrected chi connectivity index (χ3v) is 3.34. The summed E-state index contributed by atoms with van der Waals surface area (Å²) in [7, 11) is 0. The van der Waals surface area contributed by atoms with Gasteiger partial charge in [0.05, 0.1) is 17.2 Å². The number of para-hydroxylation sites is 2. The molecule has 1 aliphatic carbocycles. The van der Waals surface area contributed by atoms with Gasteiger partial charge in [0.25, 0.3) is 0 Å². The second-order valence-corrected chi connectivity index (χ2v) is 4.78. The van der Waals surface area contributed by atoms with E-state index >= 15 is 0 Å². The Morgan fingerprint density at radius 1 is 1.19 bits per heavy atom. The zero-order chi connectivity index (χ0) is 11.0. The van der Waals surface area contributed by atoms with E-state index in [2.05, 4.69) is 22.2 Å². The molecule has 2 aromatic rings. The molecule has 1 heterocycles. The largest absolute Gasteiger partial charge is 0.364 e. The van der Waals surface area contributed by atoms with Crippen LogP contribution >= 0.6 is 0 Å². The molecule has 1 N–H and O–H groups in total. The topological polar surface area (TPSA) is 37.8 Å². The first-order valence-corrected chi connectivity index (χ1v) is 5.75. The summed E-state index contributed by atoms with van der Waals surface area (Å²) in [6, 6.07) is 7.96. The van der Waals surface area contributed by atoms with Crippen LogP contribution in [-0.4, -0.2) is 15.5 Å². The van der Waals surface area contributed by atoms with Crippen LogP contribution in [0.2, 0.25) is 0 Å². The van der Waals surface area contributed by atoms with Crippen molar-refractivity contribution < 1.29 is 0 Å². The summed E-state index contributed by atoms with van der Waals surface area (Å²) in [4.78, 5) is 8.97. The standard InChI is InChI=1S/C13H15N3/c1-13(7-4-8-13)16-12-9-14-10-5-2-3-6-11(10)15-12/h2-3,5-6,9H,4,7-8H2,1H3,(H,15,16). The molecule has 1 fully saturated rings. The molecule has 1 aromatic heterocycles. The second-order valence-electron chi connectivity index (χ2n) is 4.78. The lowest BCUT2D eigenvalue weighted by Gasteiger charge is -2.39. The Kier molecular flexibility index (Phi) is 2.06. The van der Waals surface area contributed by atoms with Crippen molar-refractivity contribution in [1.82, 2.24) is 9.97 Å². The highest BCUT2D eigenvalue weighted by molar-refractivity contribution is 5.75. The number of hydrogen-bond acceptors (Lipinski definition) is 3. The third kappa shape index (κ3) is 1.62. The van der Waals surface area contributed by atoms with Crippen molar-refractivity contribution in [3.8, 4) is 0 Å². The first-order chi connectivity index (χ1) is 7.75. The number of aromatic nitrogens is 2. The smallest absolute Gasteiger partial charge is 0.145 e. The number of fused-ring (bicyclic) bond motifs is 1. The Morgan fingerprint density at radius 3 is 2.62 bits per heavy atom. The van der Waals surface area contributed by atoms with E-state index in [-0.39, 0.29) is 5.54 Å². The van der Waals surface area contributed by atoms with E-state index in [1.165, 1.54) is 19.3 Å². The Bertz CT molecular complexity index is 517. The van der Waals surface area contributed by atoms with E-state index in [9.17, 15) is 0 Å². The minimum Gasteiger partial charge on any atom is -0.364 e. The average Bonchev–Trinajstić information content (AvgIpc) is 2.27. The molecule has 0 atom stereocenters. The molecular formula is C13H15N3. The highest BCUT2D eigenvalue weighted by Crippen LogP contribution is 2.34. The van der Waals surface area contributed by atoms with E-state index in [0.717, 1.165) is 16.9 Å². The van der Waals surface area contributed by atoms with Gasteiger partial charge in [-0.15, -0.1) is 0 Å². The van der Waals surface area contributed by atoms with E-state index in [1.54, 1.807) is 0 Å². The van der Waals surface area contributed by atoms with Gasteiger partial charge in [-0.2, -0.15) is 0 Å². The fourth-order valence-corrected chi connectivity index (χ4v) is 2.16. The van der Waals surface area contributed by atoms with Crippen LogP contribution in [0.4, 0.5) is 5.82 Å². The lowest BCUT2D eigenvalue weighted by molar-refractivity contribution is 0.306. The molecule has 0 aliphatic heterocycles. The molecule has 3 heteroatoms. The van der Waals surface area contributed by atoms with Crippen LogP contribution in [0, 0.1) is 0 Å². The zero-order valence-corrected chi connectivity index (χ0v) is 9.40. The van der Waals surface area contributed by atoms with Crippen molar-refractivity contribution in [2.24, 2.45) is 0 Å². The predicted octanol–water partition coefficient (Wildman–Crippen LogP) is 2.98. The molecule has 0 saturated heterocycles. The van der Waals surface area contributed by atoms with Crippen molar-refractivity contribution in [3.05, 3.63) is 30.5 Å². The average molecular weight is 213 g/mol. The number of rotatable bonds is 2. The van der Waals surface area contributed by atoms with Crippen molar-refractivity contribution in [1.29, 1.82) is 0 Å². The fraction of sp³-hybridized carbons (Fsp3) is 0.385. The zero-order valence-electron chi connectivity index (χ0n) is 9.40. The van der Waals surface area contributed by atoms with Crippen molar-refractivity contribution in [2.75, 3.05) is 5.32 Å². The molecule has 3 nitrogen and oxygen atoms in total. The maximum Gasteiger partial charge on any atom is 0.145 e. The molecule has 1 saturated carbocycles. The summed E-state index contributed by atoms with van der Waals surface area (Å²) in [5, 5.41) is 3.47. The second kappa shape index (κ2) is 3.44. The van der Waals surface area contributed by atoms with Gasteiger partial charge in [-0.05, 0) is 38.3 Å². The summed E-state index contributed by atoms with van der Waals surface area (Å²) in [6.07, 6.45) is 5.58. The molecule has 0 amide bonds. The van der Waals surface area contributed by atoms with Gasteiger partial charge in [0.2, 0.25) is 0 Å². The number of anilines is 1. The van der Waals surface area contributed by atoms with Crippen LogP contribution < -0.4 is 5.32 Å². The number of nitrogens with zero attached hydrogens (tertiary/aromatic N) is 2. The molecule has 82 valence electrons. The van der Waals surface area contributed by atoms with Crippen LogP contribution in [0.25, 0.3) is 11.0 Å². The summed E-state index contributed by atoms with van der Waals surface area (Å²) in [6.45, 7) is 2.24. The summed E-state index contributed by atoms with van der Waals surface area (Å²) in [5.74, 6) is 0.890.